The highest BCUT2D eigenvalue weighted by atomic mass is 19.4. The lowest BCUT2D eigenvalue weighted by Gasteiger charge is -2.36. The predicted octanol–water partition coefficient (Wildman–Crippen LogP) is 5.70. The minimum absolute atomic E-state index is 0.149. The van der Waals surface area contributed by atoms with E-state index in [9.17, 15) is 18.0 Å². The first kappa shape index (κ1) is 31.7. The van der Waals surface area contributed by atoms with Gasteiger partial charge < -0.3 is 20.3 Å². The van der Waals surface area contributed by atoms with Crippen molar-refractivity contribution >= 4 is 34.6 Å². The largest absolute Gasteiger partial charge is 0.494 e. The van der Waals surface area contributed by atoms with Crippen molar-refractivity contribution in [3.05, 3.63) is 85.0 Å². The lowest BCUT2D eigenvalue weighted by Crippen LogP contribution is -2.46. The summed E-state index contributed by atoms with van der Waals surface area (Å²) >= 11 is 0. The van der Waals surface area contributed by atoms with E-state index in [0.29, 0.717) is 29.0 Å². The Morgan fingerprint density at radius 2 is 1.91 bits per heavy atom. The highest BCUT2D eigenvalue weighted by Crippen LogP contribution is 2.41. The first-order valence-electron chi connectivity index (χ1n) is 14.2. The lowest BCUT2D eigenvalue weighted by molar-refractivity contribution is -0.140. The Kier molecular flexibility index (Phi) is 9.54. The minimum atomic E-state index is -4.84. The first-order valence-corrected chi connectivity index (χ1v) is 14.2. The molecular formula is C31H33F4N7O3. The van der Waals surface area contributed by atoms with Gasteiger partial charge in [0.2, 0.25) is 5.91 Å². The molecule has 45 heavy (non-hydrogen) atoms. The molecule has 2 aliphatic heterocycles. The zero-order valence-electron chi connectivity index (χ0n) is 24.6. The molecule has 3 aromatic rings. The number of amides is 1. The van der Waals surface area contributed by atoms with Gasteiger partial charge in [-0.25, -0.2) is 19.4 Å². The fraction of sp³-hybridized carbons (Fsp3) is 0.323. The van der Waals surface area contributed by atoms with E-state index in [1.807, 2.05) is 12.1 Å². The normalized spacial score (nSPS) is 17.2. The summed E-state index contributed by atoms with van der Waals surface area (Å²) in [5.74, 6) is -0.763. The van der Waals surface area contributed by atoms with Crippen molar-refractivity contribution in [2.24, 2.45) is 0 Å². The molecular weight excluding hydrogens is 594 g/mol. The number of piperazine rings is 1. The third-order valence-electron chi connectivity index (χ3n) is 7.60. The van der Waals surface area contributed by atoms with Crippen molar-refractivity contribution in [2.45, 2.75) is 18.6 Å². The molecule has 1 atom stereocenters. The van der Waals surface area contributed by atoms with Crippen LogP contribution in [0.2, 0.25) is 0 Å². The number of rotatable bonds is 10. The summed E-state index contributed by atoms with van der Waals surface area (Å²) in [6, 6.07) is 7.41. The van der Waals surface area contributed by atoms with Crippen LogP contribution >= 0.6 is 0 Å². The molecule has 2 N–H and O–H groups in total. The Morgan fingerprint density at radius 3 is 2.60 bits per heavy atom. The Balaban J connectivity index is 1.43. The summed E-state index contributed by atoms with van der Waals surface area (Å²) in [6.45, 7) is 11.4. The Labute approximate surface area is 257 Å². The maximum Gasteiger partial charge on any atom is 0.419 e. The van der Waals surface area contributed by atoms with Crippen LogP contribution in [0.5, 0.6) is 5.75 Å². The highest BCUT2D eigenvalue weighted by Gasteiger charge is 2.38. The maximum absolute atomic E-state index is 15.0. The molecule has 10 nitrogen and oxygen atoms in total. The summed E-state index contributed by atoms with van der Waals surface area (Å²) in [6.07, 6.45) is -0.293. The standard InChI is InChI=1S/C31H33F4N7O3/c1-4-10-40-11-13-41(14-12-40)25-17-26(44-3)23(16-22(25)39-29(43)5-2)38-27-18-28(37-19-36-27)42-24(9-15-45-42)20-7-6-8-21(30(20)32)31(33,34)35/h4-8,16-19,24H,1-2,9-15H2,3H3,(H,39,43)(H,36,37,38). The van der Waals surface area contributed by atoms with Crippen LogP contribution in [0, 0.1) is 5.82 Å². The number of hydrogen-bond acceptors (Lipinski definition) is 9. The van der Waals surface area contributed by atoms with Crippen LogP contribution in [0.4, 0.5) is 46.3 Å². The summed E-state index contributed by atoms with van der Waals surface area (Å²) < 4.78 is 60.9. The van der Waals surface area contributed by atoms with E-state index in [1.165, 1.54) is 42.8 Å². The van der Waals surface area contributed by atoms with Gasteiger partial charge in [0.05, 0.1) is 42.4 Å². The number of methoxy groups -OCH3 is 1. The van der Waals surface area contributed by atoms with E-state index in [4.69, 9.17) is 9.57 Å². The molecule has 0 spiro atoms. The van der Waals surface area contributed by atoms with Crippen LogP contribution in [0.15, 0.2) is 68.0 Å². The zero-order chi connectivity index (χ0) is 32.1. The topological polar surface area (TPSA) is 95.1 Å². The van der Waals surface area contributed by atoms with Gasteiger partial charge >= 0.3 is 6.18 Å². The molecule has 2 aliphatic rings. The Morgan fingerprint density at radius 1 is 1.13 bits per heavy atom. The van der Waals surface area contributed by atoms with Crippen molar-refractivity contribution in [1.82, 2.24) is 14.9 Å². The van der Waals surface area contributed by atoms with Gasteiger partial charge in [-0.1, -0.05) is 24.8 Å². The zero-order valence-corrected chi connectivity index (χ0v) is 24.6. The molecule has 0 bridgehead atoms. The second-order valence-electron chi connectivity index (χ2n) is 10.4. The molecule has 2 saturated heterocycles. The fourth-order valence-electron chi connectivity index (χ4n) is 5.41. The van der Waals surface area contributed by atoms with Gasteiger partial charge in [-0.2, -0.15) is 13.2 Å². The van der Waals surface area contributed by atoms with Gasteiger partial charge in [0, 0.05) is 56.8 Å². The smallest absolute Gasteiger partial charge is 0.419 e. The number of alkyl halides is 3. The van der Waals surface area contributed by atoms with Crippen molar-refractivity contribution in [3.8, 4) is 5.75 Å². The van der Waals surface area contributed by atoms with Gasteiger partial charge in [-0.05, 0) is 18.2 Å². The number of ether oxygens (including phenoxy) is 1. The van der Waals surface area contributed by atoms with Crippen LogP contribution in [-0.2, 0) is 15.8 Å². The van der Waals surface area contributed by atoms with Gasteiger partial charge in [0.1, 0.15) is 23.7 Å². The predicted molar refractivity (Wildman–Crippen MR) is 163 cm³/mol. The SMILES string of the molecule is C=CCN1CCN(c2cc(OC)c(Nc3cc(N4OCCC4c4cccc(C(F)(F)F)c4F)ncn3)cc2NC(=O)C=C)CC1. The van der Waals surface area contributed by atoms with Crippen molar-refractivity contribution in [1.29, 1.82) is 0 Å². The fourth-order valence-corrected chi connectivity index (χ4v) is 5.41. The number of hydrogen-bond donors (Lipinski definition) is 2. The molecule has 0 aliphatic carbocycles. The minimum Gasteiger partial charge on any atom is -0.494 e. The number of carbonyl (C=O) groups excluding carboxylic acids is 1. The van der Waals surface area contributed by atoms with Crippen LogP contribution < -0.4 is 25.3 Å². The van der Waals surface area contributed by atoms with E-state index in [2.05, 4.69) is 43.6 Å². The molecule has 1 unspecified atom stereocenters. The van der Waals surface area contributed by atoms with Crippen LogP contribution in [-0.4, -0.2) is 67.2 Å². The quantitative estimate of drug-likeness (QED) is 0.167. The monoisotopic (exact) mass is 627 g/mol. The van der Waals surface area contributed by atoms with Gasteiger partial charge in [-0.3, -0.25) is 14.5 Å². The number of halogens is 4. The van der Waals surface area contributed by atoms with Crippen molar-refractivity contribution in [2.75, 3.05) is 67.0 Å². The number of nitrogens with zero attached hydrogens (tertiary/aromatic N) is 5. The van der Waals surface area contributed by atoms with Crippen LogP contribution in [0.1, 0.15) is 23.6 Å². The van der Waals surface area contributed by atoms with Gasteiger partial charge in [0.15, 0.2) is 5.82 Å². The molecule has 3 heterocycles. The van der Waals surface area contributed by atoms with Crippen molar-refractivity contribution in [3.63, 3.8) is 0 Å². The average molecular weight is 628 g/mol. The highest BCUT2D eigenvalue weighted by molar-refractivity contribution is 6.02. The molecule has 1 aromatic heterocycles. The second-order valence-corrected chi connectivity index (χ2v) is 10.4. The molecule has 5 rings (SSSR count). The molecule has 14 heteroatoms. The van der Waals surface area contributed by atoms with Crippen LogP contribution in [0.3, 0.4) is 0 Å². The van der Waals surface area contributed by atoms with Crippen molar-refractivity contribution < 1.29 is 31.9 Å². The van der Waals surface area contributed by atoms with E-state index in [0.717, 1.165) is 38.4 Å². The van der Waals surface area contributed by atoms with Gasteiger partial charge in [0.25, 0.3) is 0 Å². The molecule has 0 radical (unpaired) electrons. The first-order chi connectivity index (χ1) is 21.6. The van der Waals surface area contributed by atoms with Gasteiger partial charge in [-0.15, -0.1) is 6.58 Å². The number of carbonyl (C=O) groups is 1. The summed E-state index contributed by atoms with van der Waals surface area (Å²) in [5.41, 5.74) is 0.271. The molecule has 2 fully saturated rings. The van der Waals surface area contributed by atoms with E-state index >= 15 is 4.39 Å². The third kappa shape index (κ3) is 7.02. The summed E-state index contributed by atoms with van der Waals surface area (Å²) in [4.78, 5) is 31.0. The molecule has 2 aromatic carbocycles. The Hall–Kier alpha value is -4.69. The lowest BCUT2D eigenvalue weighted by atomic mass is 10.0. The molecule has 238 valence electrons. The average Bonchev–Trinajstić information content (AvgIpc) is 3.51. The number of nitrogens with one attached hydrogen (secondary N) is 2. The summed E-state index contributed by atoms with van der Waals surface area (Å²) in [7, 11) is 1.52. The molecule has 0 saturated carbocycles. The van der Waals surface area contributed by atoms with E-state index in [1.54, 1.807) is 6.07 Å². The number of aromatic nitrogens is 2. The summed E-state index contributed by atoms with van der Waals surface area (Å²) in [5, 5.41) is 7.33. The van der Waals surface area contributed by atoms with Crippen LogP contribution in [0.25, 0.3) is 0 Å². The number of hydroxylamine groups is 1. The third-order valence-corrected chi connectivity index (χ3v) is 7.60. The van der Waals surface area contributed by atoms with E-state index in [-0.39, 0.29) is 30.3 Å². The maximum atomic E-state index is 15.0. The van der Waals surface area contributed by atoms with E-state index < -0.39 is 23.6 Å². The second kappa shape index (κ2) is 13.5. The number of benzene rings is 2. The number of anilines is 5. The molecule has 1 amide bonds. The Bertz CT molecular complexity index is 1560.